The van der Waals surface area contributed by atoms with Crippen molar-refractivity contribution < 1.29 is 28.5 Å². The fraction of sp³-hybridized carbons (Fsp3) is 0.364. The van der Waals surface area contributed by atoms with Gasteiger partial charge < -0.3 is 29.6 Å². The molecule has 0 radical (unpaired) electrons. The fourth-order valence-corrected chi connectivity index (χ4v) is 2.48. The molecule has 0 saturated heterocycles. The van der Waals surface area contributed by atoms with Gasteiger partial charge in [0.1, 0.15) is 23.0 Å². The number of rotatable bonds is 8. The Bertz CT molecular complexity index is 769. The lowest BCUT2D eigenvalue weighted by atomic mass is 10.2. The van der Waals surface area contributed by atoms with Gasteiger partial charge >= 0.3 is 0 Å². The highest BCUT2D eigenvalue weighted by molar-refractivity contribution is 5.73. The number of amides is 2. The summed E-state index contributed by atoms with van der Waals surface area (Å²) in [4.78, 5) is 21.6. The molecule has 2 aromatic rings. The van der Waals surface area contributed by atoms with Gasteiger partial charge in [-0.3, -0.25) is 9.59 Å². The highest BCUT2D eigenvalue weighted by atomic mass is 16.5. The number of carbonyl (C=O) groups is 2. The van der Waals surface area contributed by atoms with Crippen LogP contribution in [0.15, 0.2) is 36.4 Å². The van der Waals surface area contributed by atoms with Crippen molar-refractivity contribution in [2.45, 2.75) is 26.9 Å². The summed E-state index contributed by atoms with van der Waals surface area (Å²) in [7, 11) is 6.39. The Balaban J connectivity index is 0.000000300. The SMILES string of the molecule is COc1ccc(OC)c(CNC(C)=O)c1.COc1ccc(OC)c(CNC(C)=O)c1. The van der Waals surface area contributed by atoms with Crippen LogP contribution in [0, 0.1) is 0 Å². The summed E-state index contributed by atoms with van der Waals surface area (Å²) >= 11 is 0. The number of benzene rings is 2. The molecule has 164 valence electrons. The van der Waals surface area contributed by atoms with Crippen molar-refractivity contribution in [3.05, 3.63) is 47.5 Å². The highest BCUT2D eigenvalue weighted by Crippen LogP contribution is 2.24. The summed E-state index contributed by atoms with van der Waals surface area (Å²) in [6.45, 7) is 3.84. The summed E-state index contributed by atoms with van der Waals surface area (Å²) in [5.74, 6) is 2.83. The van der Waals surface area contributed by atoms with Crippen LogP contribution in [0.1, 0.15) is 25.0 Å². The van der Waals surface area contributed by atoms with E-state index in [1.54, 1.807) is 28.4 Å². The summed E-state index contributed by atoms with van der Waals surface area (Å²) in [6.07, 6.45) is 0. The van der Waals surface area contributed by atoms with Crippen molar-refractivity contribution in [1.29, 1.82) is 0 Å². The lowest BCUT2D eigenvalue weighted by molar-refractivity contribution is -0.120. The third-order valence-corrected chi connectivity index (χ3v) is 4.03. The largest absolute Gasteiger partial charge is 0.497 e. The average molecular weight is 418 g/mol. The van der Waals surface area contributed by atoms with Crippen LogP contribution >= 0.6 is 0 Å². The van der Waals surface area contributed by atoms with Gasteiger partial charge in [0.15, 0.2) is 0 Å². The molecule has 30 heavy (non-hydrogen) atoms. The monoisotopic (exact) mass is 418 g/mol. The van der Waals surface area contributed by atoms with Crippen molar-refractivity contribution in [2.24, 2.45) is 0 Å². The fourth-order valence-electron chi connectivity index (χ4n) is 2.48. The number of methoxy groups -OCH3 is 4. The first-order valence-electron chi connectivity index (χ1n) is 9.25. The molecule has 0 heterocycles. The minimum absolute atomic E-state index is 0.0696. The molecule has 0 aliphatic heterocycles. The van der Waals surface area contributed by atoms with Crippen molar-refractivity contribution in [3.63, 3.8) is 0 Å². The number of hydrogen-bond acceptors (Lipinski definition) is 6. The molecule has 2 rings (SSSR count). The molecule has 0 fully saturated rings. The van der Waals surface area contributed by atoms with Crippen molar-refractivity contribution >= 4 is 11.8 Å². The van der Waals surface area contributed by atoms with E-state index in [1.165, 1.54) is 13.8 Å². The number of nitrogens with one attached hydrogen (secondary N) is 2. The molecular formula is C22H30N2O6. The predicted octanol–water partition coefficient (Wildman–Crippen LogP) is 2.68. The molecule has 8 heteroatoms. The van der Waals surface area contributed by atoms with Gasteiger partial charge in [0.2, 0.25) is 11.8 Å². The number of hydrogen-bond donors (Lipinski definition) is 2. The maximum atomic E-state index is 10.8. The Kier molecular flexibility index (Phi) is 10.6. The van der Waals surface area contributed by atoms with Gasteiger partial charge in [0.25, 0.3) is 0 Å². The van der Waals surface area contributed by atoms with E-state index in [1.807, 2.05) is 36.4 Å². The third kappa shape index (κ3) is 8.30. The van der Waals surface area contributed by atoms with Gasteiger partial charge in [-0.25, -0.2) is 0 Å². The molecule has 0 aliphatic rings. The van der Waals surface area contributed by atoms with E-state index in [2.05, 4.69) is 10.6 Å². The zero-order valence-corrected chi connectivity index (χ0v) is 18.3. The van der Waals surface area contributed by atoms with Crippen molar-refractivity contribution in [3.8, 4) is 23.0 Å². The van der Waals surface area contributed by atoms with Crippen molar-refractivity contribution in [1.82, 2.24) is 10.6 Å². The van der Waals surface area contributed by atoms with E-state index in [9.17, 15) is 9.59 Å². The number of carbonyl (C=O) groups excluding carboxylic acids is 2. The quantitative estimate of drug-likeness (QED) is 0.684. The minimum atomic E-state index is -0.0696. The third-order valence-electron chi connectivity index (χ3n) is 4.03. The molecule has 0 atom stereocenters. The Hall–Kier alpha value is -3.42. The van der Waals surface area contributed by atoms with Crippen LogP contribution in [0.25, 0.3) is 0 Å². The van der Waals surface area contributed by atoms with Gasteiger partial charge in [-0.2, -0.15) is 0 Å². The van der Waals surface area contributed by atoms with Crippen LogP contribution in [0.3, 0.4) is 0 Å². The second kappa shape index (κ2) is 12.9. The molecule has 0 unspecified atom stereocenters. The summed E-state index contributed by atoms with van der Waals surface area (Å²) in [6, 6.07) is 10.9. The molecule has 0 saturated carbocycles. The van der Waals surface area contributed by atoms with Gasteiger partial charge in [0, 0.05) is 38.1 Å². The predicted molar refractivity (Wildman–Crippen MR) is 114 cm³/mol. The molecule has 0 aromatic heterocycles. The minimum Gasteiger partial charge on any atom is -0.497 e. The Morgan fingerprint density at radius 3 is 1.30 bits per heavy atom. The van der Waals surface area contributed by atoms with E-state index in [4.69, 9.17) is 18.9 Å². The Morgan fingerprint density at radius 1 is 0.667 bits per heavy atom. The first kappa shape index (κ1) is 24.6. The normalized spacial score (nSPS) is 9.53. The second-order valence-corrected chi connectivity index (χ2v) is 6.18. The van der Waals surface area contributed by atoms with Crippen LogP contribution in [0.5, 0.6) is 23.0 Å². The van der Waals surface area contributed by atoms with E-state index in [0.29, 0.717) is 13.1 Å². The zero-order chi connectivity index (χ0) is 22.5. The van der Waals surface area contributed by atoms with Crippen LogP contribution in [0.4, 0.5) is 0 Å². The van der Waals surface area contributed by atoms with E-state index in [-0.39, 0.29) is 11.8 Å². The topological polar surface area (TPSA) is 95.1 Å². The lowest BCUT2D eigenvalue weighted by Crippen LogP contribution is -2.19. The zero-order valence-electron chi connectivity index (χ0n) is 18.3. The standard InChI is InChI=1S/2C11H15NO3/c2*1-8(13)12-7-9-6-10(14-2)4-5-11(9)15-3/h2*4-6H,7H2,1-3H3,(H,12,13). The molecule has 0 bridgehead atoms. The summed E-state index contributed by atoms with van der Waals surface area (Å²) < 4.78 is 20.5. The van der Waals surface area contributed by atoms with Crippen LogP contribution in [-0.2, 0) is 22.7 Å². The van der Waals surface area contributed by atoms with Crippen molar-refractivity contribution in [2.75, 3.05) is 28.4 Å². The lowest BCUT2D eigenvalue weighted by Gasteiger charge is -2.10. The maximum absolute atomic E-state index is 10.8. The molecule has 2 amide bonds. The second-order valence-electron chi connectivity index (χ2n) is 6.18. The first-order valence-corrected chi connectivity index (χ1v) is 9.25. The Labute approximate surface area is 177 Å². The van der Waals surface area contributed by atoms with Gasteiger partial charge in [-0.05, 0) is 36.4 Å². The van der Waals surface area contributed by atoms with Gasteiger partial charge in [-0.15, -0.1) is 0 Å². The Morgan fingerprint density at radius 2 is 1.03 bits per heavy atom. The van der Waals surface area contributed by atoms with Crippen LogP contribution in [0.2, 0.25) is 0 Å². The van der Waals surface area contributed by atoms with Crippen LogP contribution < -0.4 is 29.6 Å². The smallest absolute Gasteiger partial charge is 0.217 e. The first-order chi connectivity index (χ1) is 14.3. The van der Waals surface area contributed by atoms with Gasteiger partial charge in [0.05, 0.1) is 28.4 Å². The molecule has 2 N–H and O–H groups in total. The summed E-state index contributed by atoms with van der Waals surface area (Å²) in [5, 5.41) is 5.43. The van der Waals surface area contributed by atoms with E-state index in [0.717, 1.165) is 34.1 Å². The molecule has 0 aliphatic carbocycles. The van der Waals surface area contributed by atoms with Crippen LogP contribution in [-0.4, -0.2) is 40.3 Å². The number of ether oxygens (including phenoxy) is 4. The molecule has 2 aromatic carbocycles. The van der Waals surface area contributed by atoms with E-state index < -0.39 is 0 Å². The average Bonchev–Trinajstić information content (AvgIpc) is 2.76. The molecule has 0 spiro atoms. The molecular weight excluding hydrogens is 388 g/mol. The molecule has 8 nitrogen and oxygen atoms in total. The maximum Gasteiger partial charge on any atom is 0.217 e. The highest BCUT2D eigenvalue weighted by Gasteiger charge is 2.06. The summed E-state index contributed by atoms with van der Waals surface area (Å²) in [5.41, 5.74) is 1.79. The van der Waals surface area contributed by atoms with Gasteiger partial charge in [-0.1, -0.05) is 0 Å². The van der Waals surface area contributed by atoms with E-state index >= 15 is 0 Å².